The normalized spacial score (nSPS) is 17.9. The van der Waals surface area contributed by atoms with Crippen LogP contribution in [-0.4, -0.2) is 86.5 Å². The number of likely N-dealkylation sites (N-methyl/N-ethyl adjacent to an activating group) is 1. The summed E-state index contributed by atoms with van der Waals surface area (Å²) in [5.41, 5.74) is 6.31. The van der Waals surface area contributed by atoms with Crippen LogP contribution in [0.1, 0.15) is 12.0 Å². The summed E-state index contributed by atoms with van der Waals surface area (Å²) in [4.78, 5) is 26.8. The molecule has 1 aromatic carbocycles. The second kappa shape index (κ2) is 11.7. The van der Waals surface area contributed by atoms with Crippen LogP contribution in [0.2, 0.25) is 0 Å². The lowest BCUT2D eigenvalue weighted by molar-refractivity contribution is -0.129. The van der Waals surface area contributed by atoms with Gasteiger partial charge in [0.05, 0.1) is 11.7 Å². The van der Waals surface area contributed by atoms with Gasteiger partial charge in [0.1, 0.15) is 6.04 Å². The van der Waals surface area contributed by atoms with Crippen LogP contribution in [0, 0.1) is 5.92 Å². The molecular weight excluding hydrogens is 424 g/mol. The van der Waals surface area contributed by atoms with E-state index < -0.39 is 33.8 Å². The van der Waals surface area contributed by atoms with Gasteiger partial charge in [-0.1, -0.05) is 30.3 Å². The van der Waals surface area contributed by atoms with Crippen molar-refractivity contribution in [2.24, 2.45) is 11.7 Å². The van der Waals surface area contributed by atoms with Crippen molar-refractivity contribution >= 4 is 33.6 Å². The average Bonchev–Trinajstić information content (AvgIpc) is 2.71. The highest BCUT2D eigenvalue weighted by Crippen LogP contribution is 2.16. The minimum atomic E-state index is -3.62. The number of nitrogens with zero attached hydrogens (tertiary/aromatic N) is 2. The third-order valence-corrected chi connectivity index (χ3v) is 7.85. The molecule has 0 aromatic heterocycles. The molecule has 2 atom stereocenters. The third-order valence-electron chi connectivity index (χ3n) is 5.23. The number of primary amides is 1. The molecular formula is C20H32N4O4S2. The second-order valence-electron chi connectivity index (χ2n) is 7.61. The fraction of sp³-hybridized carbons (Fsp3) is 0.600. The molecule has 1 aliphatic rings. The highest BCUT2D eigenvalue weighted by molar-refractivity contribution is 7.98. The number of sulfonamides is 1. The molecule has 0 saturated carbocycles. The SMILES string of the molecule is CSCC[C@H](NC(=O)C(Cc1ccccc1)CS(=O)(=O)N1CCN(C)CC1)C(N)=O. The first kappa shape index (κ1) is 24.6. The average molecular weight is 457 g/mol. The van der Waals surface area contributed by atoms with Crippen LogP contribution in [0.25, 0.3) is 0 Å². The van der Waals surface area contributed by atoms with Gasteiger partial charge in [0, 0.05) is 26.2 Å². The van der Waals surface area contributed by atoms with Crippen LogP contribution in [0.3, 0.4) is 0 Å². The van der Waals surface area contributed by atoms with E-state index in [2.05, 4.69) is 10.2 Å². The first-order chi connectivity index (χ1) is 14.2. The van der Waals surface area contributed by atoms with Gasteiger partial charge < -0.3 is 16.0 Å². The maximum atomic E-state index is 13.0. The van der Waals surface area contributed by atoms with Gasteiger partial charge in [-0.15, -0.1) is 0 Å². The van der Waals surface area contributed by atoms with E-state index in [-0.39, 0.29) is 12.2 Å². The van der Waals surface area contributed by atoms with E-state index in [1.54, 1.807) is 11.8 Å². The molecule has 30 heavy (non-hydrogen) atoms. The molecule has 3 N–H and O–H groups in total. The number of piperazine rings is 1. The standard InChI is InChI=1S/C20H32N4O4S2/c1-23-9-11-24(12-10-23)30(27,28)15-17(14-16-6-4-3-5-7-16)20(26)22-18(19(21)25)8-13-29-2/h3-7,17-18H,8-15H2,1-2H3,(H2,21,25)(H,22,26)/t17?,18-/m0/s1. The highest BCUT2D eigenvalue weighted by atomic mass is 32.2. The fourth-order valence-electron chi connectivity index (χ4n) is 3.36. The lowest BCUT2D eigenvalue weighted by atomic mass is 9.99. The number of nitrogens with one attached hydrogen (secondary N) is 1. The van der Waals surface area contributed by atoms with Gasteiger partial charge in [0.25, 0.3) is 0 Å². The largest absolute Gasteiger partial charge is 0.368 e. The zero-order valence-corrected chi connectivity index (χ0v) is 19.3. The Morgan fingerprint density at radius 2 is 1.80 bits per heavy atom. The Hall–Kier alpha value is -1.62. The molecule has 0 bridgehead atoms. The molecule has 2 rings (SSSR count). The molecule has 1 saturated heterocycles. The number of hydrogen-bond acceptors (Lipinski definition) is 6. The maximum absolute atomic E-state index is 13.0. The highest BCUT2D eigenvalue weighted by Gasteiger charge is 2.33. The number of amides is 2. The zero-order valence-electron chi connectivity index (χ0n) is 17.6. The Bertz CT molecular complexity index is 796. The Morgan fingerprint density at radius 3 is 2.37 bits per heavy atom. The number of carbonyl (C=O) groups is 2. The van der Waals surface area contributed by atoms with Gasteiger partial charge in [-0.2, -0.15) is 16.1 Å². The summed E-state index contributed by atoms with van der Waals surface area (Å²) in [6, 6.07) is 8.48. The predicted octanol–water partition coefficient (Wildman–Crippen LogP) is 0.146. The first-order valence-corrected chi connectivity index (χ1v) is 13.0. The van der Waals surface area contributed by atoms with Gasteiger partial charge in [0.2, 0.25) is 21.8 Å². The molecule has 1 heterocycles. The minimum Gasteiger partial charge on any atom is -0.368 e. The summed E-state index contributed by atoms with van der Waals surface area (Å²) in [7, 11) is -1.67. The van der Waals surface area contributed by atoms with Crippen LogP contribution < -0.4 is 11.1 Å². The summed E-state index contributed by atoms with van der Waals surface area (Å²) >= 11 is 1.55. The number of hydrogen-bond donors (Lipinski definition) is 2. The Morgan fingerprint density at radius 1 is 1.17 bits per heavy atom. The van der Waals surface area contributed by atoms with Crippen molar-refractivity contribution in [1.29, 1.82) is 0 Å². The van der Waals surface area contributed by atoms with E-state index in [0.717, 1.165) is 5.56 Å². The van der Waals surface area contributed by atoms with Gasteiger partial charge >= 0.3 is 0 Å². The number of carbonyl (C=O) groups excluding carboxylic acids is 2. The van der Waals surface area contributed by atoms with Crippen LogP contribution in [0.4, 0.5) is 0 Å². The summed E-state index contributed by atoms with van der Waals surface area (Å²) in [5.74, 6) is -1.52. The summed E-state index contributed by atoms with van der Waals surface area (Å²) in [6.45, 7) is 2.15. The summed E-state index contributed by atoms with van der Waals surface area (Å²) < 4.78 is 27.5. The molecule has 10 heteroatoms. The fourth-order valence-corrected chi connectivity index (χ4v) is 5.54. The molecule has 1 unspecified atom stereocenters. The minimum absolute atomic E-state index is 0.271. The number of rotatable bonds is 11. The van der Waals surface area contributed by atoms with Gasteiger partial charge in [-0.3, -0.25) is 9.59 Å². The summed E-state index contributed by atoms with van der Waals surface area (Å²) in [5, 5.41) is 2.69. The Kier molecular flexibility index (Phi) is 9.60. The summed E-state index contributed by atoms with van der Waals surface area (Å²) in [6.07, 6.45) is 2.58. The van der Waals surface area contributed by atoms with E-state index in [4.69, 9.17) is 5.73 Å². The van der Waals surface area contributed by atoms with E-state index in [9.17, 15) is 18.0 Å². The molecule has 1 fully saturated rings. The van der Waals surface area contributed by atoms with Crippen LogP contribution in [0.15, 0.2) is 30.3 Å². The van der Waals surface area contributed by atoms with Gasteiger partial charge in [-0.25, -0.2) is 8.42 Å². The van der Waals surface area contributed by atoms with E-state index >= 15 is 0 Å². The quantitative estimate of drug-likeness (QED) is 0.490. The monoisotopic (exact) mass is 456 g/mol. The Balaban J connectivity index is 2.16. The Labute approximate surface area is 183 Å². The maximum Gasteiger partial charge on any atom is 0.240 e. The molecule has 1 aliphatic heterocycles. The van der Waals surface area contributed by atoms with Crippen molar-refractivity contribution in [3.05, 3.63) is 35.9 Å². The zero-order chi connectivity index (χ0) is 22.1. The van der Waals surface area contributed by atoms with E-state index in [0.29, 0.717) is 38.4 Å². The van der Waals surface area contributed by atoms with Crippen LogP contribution >= 0.6 is 11.8 Å². The van der Waals surface area contributed by atoms with Crippen molar-refractivity contribution in [3.63, 3.8) is 0 Å². The van der Waals surface area contributed by atoms with Crippen molar-refractivity contribution in [1.82, 2.24) is 14.5 Å². The number of benzene rings is 1. The smallest absolute Gasteiger partial charge is 0.240 e. The number of thioether (sulfide) groups is 1. The predicted molar refractivity (Wildman–Crippen MR) is 121 cm³/mol. The van der Waals surface area contributed by atoms with Crippen molar-refractivity contribution in [3.8, 4) is 0 Å². The van der Waals surface area contributed by atoms with E-state index in [1.165, 1.54) is 4.31 Å². The number of nitrogens with two attached hydrogens (primary N) is 1. The van der Waals surface area contributed by atoms with Crippen LogP contribution in [-0.2, 0) is 26.0 Å². The van der Waals surface area contributed by atoms with Gasteiger partial charge in [0.15, 0.2) is 0 Å². The van der Waals surface area contributed by atoms with Crippen molar-refractivity contribution in [2.75, 3.05) is 51.0 Å². The van der Waals surface area contributed by atoms with Gasteiger partial charge in [-0.05, 0) is 37.5 Å². The molecule has 1 aromatic rings. The first-order valence-electron chi connectivity index (χ1n) is 10.0. The topological polar surface area (TPSA) is 113 Å². The third kappa shape index (κ3) is 7.57. The lowest BCUT2D eigenvalue weighted by Gasteiger charge is -2.32. The molecule has 8 nitrogen and oxygen atoms in total. The molecule has 0 spiro atoms. The second-order valence-corrected chi connectivity index (χ2v) is 10.6. The molecule has 0 aliphatic carbocycles. The molecule has 2 amide bonds. The van der Waals surface area contributed by atoms with Crippen LogP contribution in [0.5, 0.6) is 0 Å². The van der Waals surface area contributed by atoms with E-state index in [1.807, 2.05) is 43.6 Å². The van der Waals surface area contributed by atoms with Crippen molar-refractivity contribution < 1.29 is 18.0 Å². The molecule has 0 radical (unpaired) electrons. The van der Waals surface area contributed by atoms with Crippen molar-refractivity contribution in [2.45, 2.75) is 18.9 Å². The lowest BCUT2D eigenvalue weighted by Crippen LogP contribution is -2.51. The molecule has 168 valence electrons.